The molecule has 4 nitrogen and oxygen atoms in total. The molecule has 1 fully saturated rings. The Kier molecular flexibility index (Phi) is 4.31. The molecule has 0 unspecified atom stereocenters. The molecule has 1 aromatic carbocycles. The lowest BCUT2D eigenvalue weighted by molar-refractivity contribution is -0.136. The smallest absolute Gasteiger partial charge is 0.260 e. The van der Waals surface area contributed by atoms with E-state index in [4.69, 9.17) is 4.74 Å². The summed E-state index contributed by atoms with van der Waals surface area (Å²) in [7, 11) is 0. The Bertz CT molecular complexity index is 468. The first-order chi connectivity index (χ1) is 9.08. The molecule has 1 amide bonds. The summed E-state index contributed by atoms with van der Waals surface area (Å²) in [6.07, 6.45) is 0. The number of hydrogen-bond acceptors (Lipinski definition) is 3. The fourth-order valence-corrected chi connectivity index (χ4v) is 2.03. The monoisotopic (exact) mass is 270 g/mol. The van der Waals surface area contributed by atoms with Gasteiger partial charge in [0, 0.05) is 31.7 Å². The zero-order valence-corrected chi connectivity index (χ0v) is 10.7. The van der Waals surface area contributed by atoms with Crippen molar-refractivity contribution in [1.82, 2.24) is 10.2 Å². The van der Waals surface area contributed by atoms with Crippen LogP contribution in [0.2, 0.25) is 0 Å². The first kappa shape index (κ1) is 13.7. The maximum atomic E-state index is 13.3. The number of benzene rings is 1. The van der Waals surface area contributed by atoms with Gasteiger partial charge >= 0.3 is 0 Å². The van der Waals surface area contributed by atoms with Gasteiger partial charge in [0.2, 0.25) is 0 Å². The minimum atomic E-state index is -0.804. The molecule has 1 aliphatic rings. The number of carbonyl (C=O) groups excluding carboxylic acids is 1. The molecular formula is C13H16F2N2O2. The van der Waals surface area contributed by atoms with Crippen molar-refractivity contribution in [3.8, 4) is 5.75 Å². The molecule has 1 N–H and O–H groups in total. The molecule has 6 heteroatoms. The second-order valence-corrected chi connectivity index (χ2v) is 4.50. The number of ether oxygens (including phenoxy) is 1. The number of nitrogens with one attached hydrogen (secondary N) is 1. The largest absolute Gasteiger partial charge is 0.481 e. The molecule has 1 aliphatic heterocycles. The van der Waals surface area contributed by atoms with Crippen LogP contribution in [0.1, 0.15) is 6.92 Å². The van der Waals surface area contributed by atoms with E-state index < -0.39 is 11.6 Å². The number of halogens is 2. The maximum absolute atomic E-state index is 13.3. The van der Waals surface area contributed by atoms with Crippen molar-refractivity contribution >= 4 is 5.91 Å². The molecule has 1 atom stereocenters. The number of carbonyl (C=O) groups is 1. The van der Waals surface area contributed by atoms with Gasteiger partial charge in [0.15, 0.2) is 18.2 Å². The summed E-state index contributed by atoms with van der Waals surface area (Å²) in [5, 5.41) is 3.17. The topological polar surface area (TPSA) is 41.6 Å². The van der Waals surface area contributed by atoms with E-state index in [2.05, 4.69) is 5.32 Å². The zero-order chi connectivity index (χ0) is 13.8. The van der Waals surface area contributed by atoms with Gasteiger partial charge in [-0.2, -0.15) is 0 Å². The van der Waals surface area contributed by atoms with Crippen LogP contribution in [0, 0.1) is 11.6 Å². The van der Waals surface area contributed by atoms with Crippen molar-refractivity contribution < 1.29 is 18.3 Å². The molecule has 0 saturated carbocycles. The minimum Gasteiger partial charge on any atom is -0.481 e. The third-order valence-corrected chi connectivity index (χ3v) is 3.07. The van der Waals surface area contributed by atoms with Gasteiger partial charge in [0.25, 0.3) is 5.91 Å². The van der Waals surface area contributed by atoms with Crippen LogP contribution >= 0.6 is 0 Å². The molecule has 104 valence electrons. The van der Waals surface area contributed by atoms with E-state index in [1.807, 2.05) is 6.92 Å². The number of piperazine rings is 1. The lowest BCUT2D eigenvalue weighted by atomic mass is 10.2. The highest BCUT2D eigenvalue weighted by atomic mass is 19.1. The highest BCUT2D eigenvalue weighted by Gasteiger charge is 2.23. The fraction of sp³-hybridized carbons (Fsp3) is 0.462. The summed E-state index contributed by atoms with van der Waals surface area (Å²) in [5.74, 6) is -1.79. The predicted octanol–water partition coefficient (Wildman–Crippen LogP) is 1.16. The van der Waals surface area contributed by atoms with Crippen LogP contribution in [-0.4, -0.2) is 43.1 Å². The molecule has 1 saturated heterocycles. The summed E-state index contributed by atoms with van der Waals surface area (Å²) < 4.78 is 31.1. The van der Waals surface area contributed by atoms with Crippen LogP contribution in [0.3, 0.4) is 0 Å². The van der Waals surface area contributed by atoms with Crippen molar-refractivity contribution in [2.24, 2.45) is 0 Å². The normalized spacial score (nSPS) is 19.3. The Morgan fingerprint density at radius 1 is 1.53 bits per heavy atom. The molecule has 1 heterocycles. The van der Waals surface area contributed by atoms with Crippen LogP contribution < -0.4 is 10.1 Å². The molecule has 0 radical (unpaired) electrons. The minimum absolute atomic E-state index is 0.0860. The average molecular weight is 270 g/mol. The van der Waals surface area contributed by atoms with E-state index in [0.29, 0.717) is 6.54 Å². The Morgan fingerprint density at radius 3 is 3.00 bits per heavy atom. The average Bonchev–Trinajstić information content (AvgIpc) is 2.38. The van der Waals surface area contributed by atoms with E-state index in [9.17, 15) is 13.6 Å². The van der Waals surface area contributed by atoms with Crippen molar-refractivity contribution in [3.63, 3.8) is 0 Å². The van der Waals surface area contributed by atoms with E-state index in [1.165, 1.54) is 6.07 Å². The van der Waals surface area contributed by atoms with Gasteiger partial charge in [0.1, 0.15) is 5.82 Å². The maximum Gasteiger partial charge on any atom is 0.260 e. The number of nitrogens with zero attached hydrogens (tertiary/aromatic N) is 1. The Labute approximate surface area is 110 Å². The first-order valence-corrected chi connectivity index (χ1v) is 6.16. The van der Waals surface area contributed by atoms with Crippen molar-refractivity contribution in [3.05, 3.63) is 29.8 Å². The van der Waals surface area contributed by atoms with Gasteiger partial charge in [-0.3, -0.25) is 4.79 Å². The van der Waals surface area contributed by atoms with Crippen LogP contribution in [-0.2, 0) is 4.79 Å². The first-order valence-electron chi connectivity index (χ1n) is 6.16. The van der Waals surface area contributed by atoms with Crippen LogP contribution in [0.15, 0.2) is 18.2 Å². The van der Waals surface area contributed by atoms with E-state index in [1.54, 1.807) is 4.90 Å². The highest BCUT2D eigenvalue weighted by molar-refractivity contribution is 5.78. The third kappa shape index (κ3) is 3.41. The van der Waals surface area contributed by atoms with E-state index in [-0.39, 0.29) is 24.3 Å². The molecular weight excluding hydrogens is 254 g/mol. The predicted molar refractivity (Wildman–Crippen MR) is 65.9 cm³/mol. The van der Waals surface area contributed by atoms with Crippen molar-refractivity contribution in [1.29, 1.82) is 0 Å². The Morgan fingerprint density at radius 2 is 2.32 bits per heavy atom. The second-order valence-electron chi connectivity index (χ2n) is 4.50. The fourth-order valence-electron chi connectivity index (χ4n) is 2.03. The Balaban J connectivity index is 1.92. The lowest BCUT2D eigenvalue weighted by Gasteiger charge is -2.33. The van der Waals surface area contributed by atoms with Gasteiger partial charge in [-0.1, -0.05) is 0 Å². The summed E-state index contributed by atoms with van der Waals surface area (Å²) in [6, 6.07) is 3.09. The summed E-state index contributed by atoms with van der Waals surface area (Å²) in [5.41, 5.74) is 0. The van der Waals surface area contributed by atoms with Gasteiger partial charge < -0.3 is 15.0 Å². The SMILES string of the molecule is C[C@@H]1CNCCN1C(=O)COc1ccc(F)cc1F. The molecule has 0 aromatic heterocycles. The molecule has 1 aromatic rings. The zero-order valence-electron chi connectivity index (χ0n) is 10.7. The quantitative estimate of drug-likeness (QED) is 0.896. The summed E-state index contributed by atoms with van der Waals surface area (Å²) in [4.78, 5) is 13.6. The highest BCUT2D eigenvalue weighted by Crippen LogP contribution is 2.17. The third-order valence-electron chi connectivity index (χ3n) is 3.07. The summed E-state index contributed by atoms with van der Waals surface area (Å²) in [6.45, 7) is 3.77. The number of amides is 1. The van der Waals surface area contributed by atoms with Crippen molar-refractivity contribution in [2.75, 3.05) is 26.2 Å². The molecule has 0 aliphatic carbocycles. The van der Waals surface area contributed by atoms with Crippen LogP contribution in [0.4, 0.5) is 8.78 Å². The van der Waals surface area contributed by atoms with E-state index >= 15 is 0 Å². The number of rotatable bonds is 3. The van der Waals surface area contributed by atoms with Crippen LogP contribution in [0.25, 0.3) is 0 Å². The van der Waals surface area contributed by atoms with Gasteiger partial charge in [-0.25, -0.2) is 8.78 Å². The lowest BCUT2D eigenvalue weighted by Crippen LogP contribution is -2.53. The summed E-state index contributed by atoms with van der Waals surface area (Å²) >= 11 is 0. The second kappa shape index (κ2) is 5.97. The van der Waals surface area contributed by atoms with Gasteiger partial charge in [-0.15, -0.1) is 0 Å². The standard InChI is InChI=1S/C13H16F2N2O2/c1-9-7-16-4-5-17(9)13(18)8-19-12-3-2-10(14)6-11(12)15/h2-3,6,9,16H,4-5,7-8H2,1H3/t9-/m1/s1. The van der Waals surface area contributed by atoms with Crippen LogP contribution in [0.5, 0.6) is 5.75 Å². The Hall–Kier alpha value is -1.69. The van der Waals surface area contributed by atoms with E-state index in [0.717, 1.165) is 25.2 Å². The molecule has 0 bridgehead atoms. The molecule has 0 spiro atoms. The number of hydrogen-bond donors (Lipinski definition) is 1. The van der Waals surface area contributed by atoms with Gasteiger partial charge in [0.05, 0.1) is 0 Å². The molecule has 19 heavy (non-hydrogen) atoms. The van der Waals surface area contributed by atoms with Crippen molar-refractivity contribution in [2.45, 2.75) is 13.0 Å². The van der Waals surface area contributed by atoms with Gasteiger partial charge in [-0.05, 0) is 19.1 Å². The molecule has 2 rings (SSSR count).